The van der Waals surface area contributed by atoms with Gasteiger partial charge in [-0.3, -0.25) is 9.59 Å². The normalized spacial score (nSPS) is 18.2. The van der Waals surface area contributed by atoms with Gasteiger partial charge in [0, 0.05) is 25.2 Å². The van der Waals surface area contributed by atoms with E-state index >= 15 is 0 Å². The molecular weight excluding hydrogens is 348 g/mol. The van der Waals surface area contributed by atoms with Crippen LogP contribution < -0.4 is 5.32 Å². The Morgan fingerprint density at radius 2 is 1.73 bits per heavy atom. The minimum absolute atomic E-state index is 0.0228. The third-order valence-corrected chi connectivity index (χ3v) is 4.96. The highest BCUT2D eigenvalue weighted by Crippen LogP contribution is 2.40. The molecule has 0 aliphatic heterocycles. The molecule has 0 radical (unpaired) electrons. The zero-order valence-electron chi connectivity index (χ0n) is 14.8. The molecule has 0 bridgehead atoms. The third kappa shape index (κ3) is 4.85. The molecule has 1 aliphatic rings. The Hall–Kier alpha value is -2.33. The van der Waals surface area contributed by atoms with E-state index in [4.69, 9.17) is 11.6 Å². The molecule has 5 heteroatoms. The summed E-state index contributed by atoms with van der Waals surface area (Å²) in [6.07, 6.45) is 1.40. The Labute approximate surface area is 159 Å². The largest absolute Gasteiger partial charge is 0.356 e. The minimum atomic E-state index is -0.189. The Balaban J connectivity index is 1.41. The summed E-state index contributed by atoms with van der Waals surface area (Å²) in [7, 11) is 1.79. The van der Waals surface area contributed by atoms with Gasteiger partial charge in [-0.2, -0.15) is 0 Å². The summed E-state index contributed by atoms with van der Waals surface area (Å²) in [4.78, 5) is 26.4. The molecule has 136 valence electrons. The van der Waals surface area contributed by atoms with Crippen molar-refractivity contribution in [3.63, 3.8) is 0 Å². The van der Waals surface area contributed by atoms with E-state index in [0.717, 1.165) is 17.5 Å². The summed E-state index contributed by atoms with van der Waals surface area (Å²) < 4.78 is 0. The summed E-state index contributed by atoms with van der Waals surface area (Å²) in [6.45, 7) is 1.14. The summed E-state index contributed by atoms with van der Waals surface area (Å²) in [5, 5.41) is 3.64. The van der Waals surface area contributed by atoms with Gasteiger partial charge in [0.1, 0.15) is 0 Å². The molecule has 2 aromatic carbocycles. The number of hydrogen-bond acceptors (Lipinski definition) is 2. The fourth-order valence-electron chi connectivity index (χ4n) is 3.09. The highest BCUT2D eigenvalue weighted by atomic mass is 35.5. The van der Waals surface area contributed by atoms with Gasteiger partial charge in [-0.05, 0) is 36.1 Å². The van der Waals surface area contributed by atoms with Crippen LogP contribution in [0.1, 0.15) is 17.5 Å². The van der Waals surface area contributed by atoms with Gasteiger partial charge < -0.3 is 10.2 Å². The molecule has 3 rings (SSSR count). The van der Waals surface area contributed by atoms with Crippen molar-refractivity contribution < 1.29 is 9.59 Å². The van der Waals surface area contributed by atoms with E-state index in [0.29, 0.717) is 24.5 Å². The topological polar surface area (TPSA) is 49.4 Å². The molecular formula is C21H23ClN2O2. The van der Waals surface area contributed by atoms with Crippen molar-refractivity contribution in [2.45, 2.75) is 19.4 Å². The number of benzene rings is 2. The SMILES string of the molecule is CN(Cc1ccccc1)C(=O)C1CC1C(=O)NCCc1ccc(Cl)cc1. The van der Waals surface area contributed by atoms with Crippen molar-refractivity contribution in [3.05, 3.63) is 70.7 Å². The summed E-state index contributed by atoms with van der Waals surface area (Å²) in [6, 6.07) is 17.5. The Morgan fingerprint density at radius 3 is 2.42 bits per heavy atom. The first kappa shape index (κ1) is 18.5. The molecule has 0 spiro atoms. The molecule has 1 saturated carbocycles. The van der Waals surface area contributed by atoms with Gasteiger partial charge in [-0.25, -0.2) is 0 Å². The number of nitrogens with zero attached hydrogens (tertiary/aromatic N) is 1. The molecule has 4 nitrogen and oxygen atoms in total. The Kier molecular flexibility index (Phi) is 5.94. The summed E-state index contributed by atoms with van der Waals surface area (Å²) >= 11 is 5.86. The molecule has 2 aromatic rings. The molecule has 1 N–H and O–H groups in total. The Bertz CT molecular complexity index is 761. The first-order valence-electron chi connectivity index (χ1n) is 8.85. The van der Waals surface area contributed by atoms with Gasteiger partial charge in [0.05, 0.1) is 11.8 Å². The number of hydrogen-bond donors (Lipinski definition) is 1. The molecule has 0 saturated heterocycles. The van der Waals surface area contributed by atoms with Gasteiger partial charge in [-0.1, -0.05) is 54.1 Å². The quantitative estimate of drug-likeness (QED) is 0.813. The van der Waals surface area contributed by atoms with E-state index in [1.54, 1.807) is 11.9 Å². The molecule has 2 atom stereocenters. The predicted molar refractivity (Wildman–Crippen MR) is 103 cm³/mol. The van der Waals surface area contributed by atoms with Crippen molar-refractivity contribution in [2.24, 2.45) is 11.8 Å². The molecule has 1 aliphatic carbocycles. The average Bonchev–Trinajstić information content (AvgIpc) is 3.44. The van der Waals surface area contributed by atoms with Crippen molar-refractivity contribution in [2.75, 3.05) is 13.6 Å². The lowest BCUT2D eigenvalue weighted by atomic mass is 10.1. The van der Waals surface area contributed by atoms with E-state index in [2.05, 4.69) is 5.32 Å². The lowest BCUT2D eigenvalue weighted by Crippen LogP contribution is -2.32. The number of nitrogens with one attached hydrogen (secondary N) is 1. The zero-order chi connectivity index (χ0) is 18.5. The van der Waals surface area contributed by atoms with Crippen LogP contribution in [-0.4, -0.2) is 30.3 Å². The van der Waals surface area contributed by atoms with Crippen LogP contribution in [0.15, 0.2) is 54.6 Å². The Morgan fingerprint density at radius 1 is 1.04 bits per heavy atom. The van der Waals surface area contributed by atoms with Crippen molar-refractivity contribution >= 4 is 23.4 Å². The van der Waals surface area contributed by atoms with Gasteiger partial charge in [0.25, 0.3) is 0 Å². The predicted octanol–water partition coefficient (Wildman–Crippen LogP) is 3.29. The van der Waals surface area contributed by atoms with E-state index in [-0.39, 0.29) is 23.7 Å². The minimum Gasteiger partial charge on any atom is -0.356 e. The van der Waals surface area contributed by atoms with Crippen LogP contribution in [0.3, 0.4) is 0 Å². The molecule has 1 fully saturated rings. The lowest BCUT2D eigenvalue weighted by Gasteiger charge is -2.17. The van der Waals surface area contributed by atoms with Crippen LogP contribution in [-0.2, 0) is 22.6 Å². The van der Waals surface area contributed by atoms with Crippen LogP contribution in [0, 0.1) is 11.8 Å². The van der Waals surface area contributed by atoms with E-state index in [1.165, 1.54) is 0 Å². The first-order valence-corrected chi connectivity index (χ1v) is 9.23. The van der Waals surface area contributed by atoms with E-state index in [1.807, 2.05) is 54.6 Å². The van der Waals surface area contributed by atoms with Crippen LogP contribution in [0.25, 0.3) is 0 Å². The van der Waals surface area contributed by atoms with Gasteiger partial charge in [0.2, 0.25) is 11.8 Å². The average molecular weight is 371 g/mol. The van der Waals surface area contributed by atoms with Crippen LogP contribution >= 0.6 is 11.6 Å². The maximum Gasteiger partial charge on any atom is 0.226 e. The monoisotopic (exact) mass is 370 g/mol. The first-order chi connectivity index (χ1) is 12.5. The van der Waals surface area contributed by atoms with Gasteiger partial charge in [0.15, 0.2) is 0 Å². The van der Waals surface area contributed by atoms with Crippen molar-refractivity contribution in [1.29, 1.82) is 0 Å². The van der Waals surface area contributed by atoms with Crippen molar-refractivity contribution in [1.82, 2.24) is 10.2 Å². The van der Waals surface area contributed by atoms with Crippen LogP contribution in [0.2, 0.25) is 5.02 Å². The standard InChI is InChI=1S/C21H23ClN2O2/c1-24(14-16-5-3-2-4-6-16)21(26)19-13-18(19)20(25)23-12-11-15-7-9-17(22)10-8-15/h2-10,18-19H,11-14H2,1H3,(H,23,25). The molecule has 0 heterocycles. The van der Waals surface area contributed by atoms with Crippen LogP contribution in [0.5, 0.6) is 0 Å². The van der Waals surface area contributed by atoms with E-state index < -0.39 is 0 Å². The molecule has 0 aromatic heterocycles. The number of carbonyl (C=O) groups is 2. The highest BCUT2D eigenvalue weighted by molar-refractivity contribution is 6.30. The number of halogens is 1. The summed E-state index contributed by atoms with van der Waals surface area (Å²) in [5.41, 5.74) is 2.22. The highest BCUT2D eigenvalue weighted by Gasteiger charge is 2.48. The van der Waals surface area contributed by atoms with E-state index in [9.17, 15) is 9.59 Å². The second-order valence-electron chi connectivity index (χ2n) is 6.80. The number of amides is 2. The van der Waals surface area contributed by atoms with Gasteiger partial charge in [-0.15, -0.1) is 0 Å². The van der Waals surface area contributed by atoms with Gasteiger partial charge >= 0.3 is 0 Å². The lowest BCUT2D eigenvalue weighted by molar-refractivity contribution is -0.134. The molecule has 2 amide bonds. The number of carbonyl (C=O) groups excluding carboxylic acids is 2. The fourth-order valence-corrected chi connectivity index (χ4v) is 3.21. The van der Waals surface area contributed by atoms with Crippen molar-refractivity contribution in [3.8, 4) is 0 Å². The third-order valence-electron chi connectivity index (χ3n) is 4.71. The van der Waals surface area contributed by atoms with Crippen LogP contribution in [0.4, 0.5) is 0 Å². The maximum absolute atomic E-state index is 12.5. The fraction of sp³-hybridized carbons (Fsp3) is 0.333. The number of rotatable bonds is 7. The smallest absolute Gasteiger partial charge is 0.226 e. The molecule has 2 unspecified atom stereocenters. The molecule has 26 heavy (non-hydrogen) atoms. The zero-order valence-corrected chi connectivity index (χ0v) is 15.6. The summed E-state index contributed by atoms with van der Waals surface area (Å²) in [5.74, 6) is -0.345. The second kappa shape index (κ2) is 8.37. The second-order valence-corrected chi connectivity index (χ2v) is 7.23. The maximum atomic E-state index is 12.5.